The highest BCUT2D eigenvalue weighted by Gasteiger charge is 2.33. The van der Waals surface area contributed by atoms with Crippen LogP contribution in [-0.2, 0) is 32.3 Å². The number of esters is 3. The molecule has 2 fully saturated rings. The van der Waals surface area contributed by atoms with Crippen molar-refractivity contribution in [2.24, 2.45) is 0 Å². The third kappa shape index (κ3) is 8.72. The molecular weight excluding hydrogens is 671 g/mol. The Labute approximate surface area is 302 Å². The quantitative estimate of drug-likeness (QED) is 0.140. The van der Waals surface area contributed by atoms with E-state index in [1.165, 1.54) is 25.6 Å². The summed E-state index contributed by atoms with van der Waals surface area (Å²) in [5.41, 5.74) is 0.454. The third-order valence-corrected chi connectivity index (χ3v) is 9.12. The predicted molar refractivity (Wildman–Crippen MR) is 190 cm³/mol. The van der Waals surface area contributed by atoms with E-state index in [1.807, 2.05) is 4.90 Å². The van der Waals surface area contributed by atoms with Crippen LogP contribution in [0.2, 0.25) is 0 Å². The van der Waals surface area contributed by atoms with Gasteiger partial charge in [-0.3, -0.25) is 19.4 Å². The maximum atomic E-state index is 16.0. The van der Waals surface area contributed by atoms with Crippen molar-refractivity contribution in [1.29, 1.82) is 0 Å². The zero-order valence-electron chi connectivity index (χ0n) is 29.8. The van der Waals surface area contributed by atoms with Gasteiger partial charge in [-0.1, -0.05) is 0 Å². The smallest absolute Gasteiger partial charge is 0.349 e. The number of carbonyl (C=O) groups excluding carboxylic acids is 3. The number of aromatic nitrogens is 2. The molecule has 52 heavy (non-hydrogen) atoms. The molecule has 1 unspecified atom stereocenters. The second kappa shape index (κ2) is 17.2. The van der Waals surface area contributed by atoms with Gasteiger partial charge in [0, 0.05) is 55.2 Å². The van der Waals surface area contributed by atoms with Gasteiger partial charge in [-0.05, 0) is 45.6 Å². The Bertz CT molecular complexity index is 1990. The highest BCUT2D eigenvalue weighted by atomic mass is 19.1. The molecular formula is C39H44FN4O8+. The molecule has 12 nitrogen and oxygen atoms in total. The molecule has 1 saturated carbocycles. The van der Waals surface area contributed by atoms with Gasteiger partial charge in [0.05, 0.1) is 43.3 Å². The maximum absolute atomic E-state index is 16.0. The number of nitrogens with two attached hydrogens (primary N) is 1. The van der Waals surface area contributed by atoms with Crippen molar-refractivity contribution in [2.45, 2.75) is 90.5 Å². The molecule has 2 N–H and O–H groups in total. The molecule has 0 amide bonds. The minimum Gasteiger partial charge on any atom is -0.492 e. The summed E-state index contributed by atoms with van der Waals surface area (Å²) >= 11 is 0. The zero-order chi connectivity index (χ0) is 37.4. The number of halogens is 1. The van der Waals surface area contributed by atoms with Crippen LogP contribution >= 0.6 is 0 Å². The molecule has 1 aromatic carbocycles. The minimum absolute atomic E-state index is 0.0162. The average molecular weight is 716 g/mol. The van der Waals surface area contributed by atoms with Crippen molar-refractivity contribution in [3.05, 3.63) is 56.9 Å². The molecule has 1 aliphatic heterocycles. The summed E-state index contributed by atoms with van der Waals surface area (Å²) in [4.78, 5) is 59.2. The van der Waals surface area contributed by atoms with Crippen LogP contribution in [0.5, 0.6) is 11.5 Å². The number of methoxy groups -OCH3 is 1. The first kappa shape index (κ1) is 37.8. The van der Waals surface area contributed by atoms with E-state index in [-0.39, 0.29) is 77.5 Å². The summed E-state index contributed by atoms with van der Waals surface area (Å²) in [5.74, 6) is 2.45. The van der Waals surface area contributed by atoms with Gasteiger partial charge in [0.1, 0.15) is 30.5 Å². The Morgan fingerprint density at radius 2 is 1.73 bits per heavy atom. The van der Waals surface area contributed by atoms with Crippen molar-refractivity contribution in [3.63, 3.8) is 0 Å². The van der Waals surface area contributed by atoms with E-state index in [0.717, 1.165) is 19.4 Å². The van der Waals surface area contributed by atoms with Gasteiger partial charge in [-0.25, -0.2) is 9.18 Å². The average Bonchev–Trinajstić information content (AvgIpc) is 3.97. The fraction of sp³-hybridized carbons (Fsp3) is 0.462. The molecule has 3 heterocycles. The van der Waals surface area contributed by atoms with Gasteiger partial charge >= 0.3 is 17.9 Å². The summed E-state index contributed by atoms with van der Waals surface area (Å²) in [6.45, 7) is 5.02. The fourth-order valence-electron chi connectivity index (χ4n) is 6.31. The normalized spacial score (nSPS) is 15.4. The molecule has 0 bridgehead atoms. The minimum atomic E-state index is -1.01. The number of benzene rings is 1. The number of carbonyl (C=O) groups is 3. The van der Waals surface area contributed by atoms with E-state index in [9.17, 15) is 19.2 Å². The number of fused-ring (bicyclic) bond motifs is 1. The van der Waals surface area contributed by atoms with Crippen molar-refractivity contribution < 1.29 is 43.0 Å². The third-order valence-electron chi connectivity index (χ3n) is 9.12. The first-order valence-corrected chi connectivity index (χ1v) is 17.5. The monoisotopic (exact) mass is 715 g/mol. The van der Waals surface area contributed by atoms with Crippen molar-refractivity contribution in [3.8, 4) is 36.2 Å². The Balaban J connectivity index is 1.52. The number of nitrogens with zero attached hydrogens (tertiary/aromatic N) is 3. The number of anilines is 1. The summed E-state index contributed by atoms with van der Waals surface area (Å²) in [6.07, 6.45) is 16.9. The number of terminal acetylenes is 2. The number of ether oxygens (including phenoxy) is 4. The van der Waals surface area contributed by atoms with E-state index >= 15 is 4.39 Å². The number of piperazine rings is 1. The van der Waals surface area contributed by atoms with Crippen molar-refractivity contribution in [2.75, 3.05) is 31.6 Å². The number of aryl methyl sites for hydroxylation is 1. The van der Waals surface area contributed by atoms with Crippen LogP contribution in [0.3, 0.4) is 0 Å². The van der Waals surface area contributed by atoms with Crippen molar-refractivity contribution >= 4 is 34.5 Å². The summed E-state index contributed by atoms with van der Waals surface area (Å²) in [6, 6.07) is 1.37. The zero-order valence-corrected chi connectivity index (χ0v) is 29.8. The molecule has 13 heteroatoms. The molecule has 1 aliphatic carbocycles. The summed E-state index contributed by atoms with van der Waals surface area (Å²) in [5, 5.41) is 2.18. The van der Waals surface area contributed by atoms with E-state index in [2.05, 4.69) is 29.1 Å². The number of hydrogen-bond donors (Lipinski definition) is 1. The lowest BCUT2D eigenvalue weighted by Gasteiger charge is -2.33. The van der Waals surface area contributed by atoms with Crippen LogP contribution in [0.25, 0.3) is 10.9 Å². The SMILES string of the molecule is C#CCCCC(=O)OCc1cnc(C)c(OC(=O)c2cn(C3CC3)c3c(OC)c(N4CC[NH2+]C(C)C4)c(F)cc3c2=O)c1COC(=O)CCCC#C. The number of hydrogen-bond acceptors (Lipinski definition) is 10. The largest absolute Gasteiger partial charge is 0.492 e. The number of quaternary nitrogens is 1. The van der Waals surface area contributed by atoms with Gasteiger partial charge in [-0.2, -0.15) is 0 Å². The lowest BCUT2D eigenvalue weighted by molar-refractivity contribution is -0.687. The molecule has 1 atom stereocenters. The van der Waals surface area contributed by atoms with Crippen LogP contribution in [0.1, 0.15) is 91.5 Å². The van der Waals surface area contributed by atoms with Gasteiger partial charge < -0.3 is 33.7 Å². The molecule has 0 spiro atoms. The molecule has 274 valence electrons. The molecule has 1 saturated heterocycles. The van der Waals surface area contributed by atoms with Crippen LogP contribution < -0.4 is 25.1 Å². The number of unbranched alkanes of at least 4 members (excludes halogenated alkanes) is 2. The van der Waals surface area contributed by atoms with Crippen LogP contribution in [0.4, 0.5) is 10.1 Å². The van der Waals surface area contributed by atoms with Crippen LogP contribution in [-0.4, -0.2) is 60.2 Å². The molecule has 2 aliphatic rings. The standard InChI is InChI=1S/C39H43FN4O8/c1-6-8-10-12-32(45)50-22-26-19-42-25(4)37(30(26)23-51-33(46)13-11-9-7-2)52-39(48)29-21-44(27-14-15-27)34-28(36(29)47)18-31(40)35(38(34)49-5)43-17-16-41-24(3)20-43/h1-2,18-19,21,24,27,41H,8-17,20,22-23H2,3-5H3/p+1. The van der Waals surface area contributed by atoms with E-state index in [1.54, 1.807) is 11.5 Å². The lowest BCUT2D eigenvalue weighted by Crippen LogP contribution is -2.94. The molecule has 3 aromatic rings. The van der Waals surface area contributed by atoms with Crippen LogP contribution in [0.15, 0.2) is 23.3 Å². The lowest BCUT2D eigenvalue weighted by atomic mass is 10.1. The first-order chi connectivity index (χ1) is 25.1. The Morgan fingerprint density at radius 3 is 2.35 bits per heavy atom. The topological polar surface area (TPSA) is 143 Å². The van der Waals surface area contributed by atoms with Crippen molar-refractivity contribution in [1.82, 2.24) is 9.55 Å². The summed E-state index contributed by atoms with van der Waals surface area (Å²) in [7, 11) is 1.45. The second-order valence-corrected chi connectivity index (χ2v) is 13.1. The Kier molecular flexibility index (Phi) is 12.5. The predicted octanol–water partition coefficient (Wildman–Crippen LogP) is 3.87. The molecule has 0 radical (unpaired) electrons. The Morgan fingerprint density at radius 1 is 1.06 bits per heavy atom. The number of pyridine rings is 2. The fourth-order valence-corrected chi connectivity index (χ4v) is 6.31. The van der Waals surface area contributed by atoms with E-state index < -0.39 is 29.2 Å². The van der Waals surface area contributed by atoms with Gasteiger partial charge in [-0.15, -0.1) is 24.7 Å². The summed E-state index contributed by atoms with van der Waals surface area (Å²) < 4.78 is 40.5. The second-order valence-electron chi connectivity index (χ2n) is 13.1. The maximum Gasteiger partial charge on any atom is 0.349 e. The Hall–Kier alpha value is -5.40. The van der Waals surface area contributed by atoms with E-state index in [0.29, 0.717) is 49.9 Å². The van der Waals surface area contributed by atoms with E-state index in [4.69, 9.17) is 31.8 Å². The molecule has 5 rings (SSSR count). The van der Waals surface area contributed by atoms with Gasteiger partial charge in [0.2, 0.25) is 5.43 Å². The number of rotatable bonds is 15. The van der Waals surface area contributed by atoms with Crippen LogP contribution in [0, 0.1) is 37.4 Å². The first-order valence-electron chi connectivity index (χ1n) is 17.5. The molecule has 2 aromatic heterocycles. The highest BCUT2D eigenvalue weighted by Crippen LogP contribution is 2.44. The van der Waals surface area contributed by atoms with Gasteiger partial charge in [0.15, 0.2) is 17.3 Å². The highest BCUT2D eigenvalue weighted by molar-refractivity contribution is 5.98. The van der Waals surface area contributed by atoms with Gasteiger partial charge in [0.25, 0.3) is 0 Å².